The highest BCUT2D eigenvalue weighted by Gasteiger charge is 2.05. The summed E-state index contributed by atoms with van der Waals surface area (Å²) in [6.07, 6.45) is 3.28. The van der Waals surface area contributed by atoms with Gasteiger partial charge < -0.3 is 15.4 Å². The van der Waals surface area contributed by atoms with E-state index >= 15 is 0 Å². The fraction of sp³-hybridized carbons (Fsp3) is 0.474. The number of nitrogens with one attached hydrogen (secondary N) is 2. The van der Waals surface area contributed by atoms with E-state index in [1.807, 2.05) is 18.2 Å². The molecule has 2 rings (SSSR count). The zero-order valence-electron chi connectivity index (χ0n) is 15.1. The third kappa shape index (κ3) is 7.23. The number of hydrogen-bond acceptors (Lipinski definition) is 4. The summed E-state index contributed by atoms with van der Waals surface area (Å²) >= 11 is 1.66. The maximum Gasteiger partial charge on any atom is 0.191 e. The summed E-state index contributed by atoms with van der Waals surface area (Å²) in [4.78, 5) is 8.92. The summed E-state index contributed by atoms with van der Waals surface area (Å²) < 4.78 is 5.55. The summed E-state index contributed by atoms with van der Waals surface area (Å²) in [5, 5.41) is 9.74. The van der Waals surface area contributed by atoms with Crippen LogP contribution in [0, 0.1) is 0 Å². The number of thiazole rings is 1. The first-order valence-corrected chi connectivity index (χ1v) is 9.73. The Kier molecular flexibility index (Phi) is 9.01. The van der Waals surface area contributed by atoms with Crippen molar-refractivity contribution >= 4 is 17.3 Å². The fourth-order valence-corrected chi connectivity index (χ4v) is 3.05. The Balaban J connectivity index is 1.68. The van der Waals surface area contributed by atoms with E-state index in [2.05, 4.69) is 45.0 Å². The number of ether oxygens (including phenoxy) is 1. The summed E-state index contributed by atoms with van der Waals surface area (Å²) in [5.74, 6) is 0.794. The van der Waals surface area contributed by atoms with Crippen molar-refractivity contribution in [1.29, 1.82) is 0 Å². The first kappa shape index (κ1) is 19.4. The minimum Gasteiger partial charge on any atom is -0.381 e. The molecule has 2 aromatic rings. The standard InChI is InChI=1S/C19H28N4OS/c1-3-4-12-24-13-8-11-21-19(20-2)22-14-17-15-25-18(23-17)16-9-6-5-7-10-16/h5-7,9-10,15H,3-4,8,11-14H2,1-2H3,(H2,20,21,22). The molecule has 1 aromatic heterocycles. The van der Waals surface area contributed by atoms with Crippen LogP contribution in [0.3, 0.4) is 0 Å². The summed E-state index contributed by atoms with van der Waals surface area (Å²) in [5.41, 5.74) is 2.18. The highest BCUT2D eigenvalue weighted by Crippen LogP contribution is 2.23. The van der Waals surface area contributed by atoms with Crippen molar-refractivity contribution in [2.24, 2.45) is 4.99 Å². The van der Waals surface area contributed by atoms with E-state index in [1.165, 1.54) is 6.42 Å². The van der Waals surface area contributed by atoms with Crippen molar-refractivity contribution in [3.8, 4) is 10.6 Å². The number of hydrogen-bond donors (Lipinski definition) is 2. The minimum absolute atomic E-state index is 0.663. The number of guanidine groups is 1. The first-order valence-electron chi connectivity index (χ1n) is 8.85. The predicted octanol–water partition coefficient (Wildman–Crippen LogP) is 3.68. The lowest BCUT2D eigenvalue weighted by atomic mass is 10.2. The van der Waals surface area contributed by atoms with E-state index in [-0.39, 0.29) is 0 Å². The molecule has 0 aliphatic carbocycles. The van der Waals surface area contributed by atoms with E-state index < -0.39 is 0 Å². The van der Waals surface area contributed by atoms with Gasteiger partial charge >= 0.3 is 0 Å². The number of unbranched alkanes of at least 4 members (excludes halogenated alkanes) is 1. The van der Waals surface area contributed by atoms with Gasteiger partial charge in [-0.25, -0.2) is 4.98 Å². The van der Waals surface area contributed by atoms with Gasteiger partial charge in [0.2, 0.25) is 0 Å². The summed E-state index contributed by atoms with van der Waals surface area (Å²) in [6, 6.07) is 10.3. The van der Waals surface area contributed by atoms with Crippen LogP contribution in [0.5, 0.6) is 0 Å². The van der Waals surface area contributed by atoms with Crippen molar-refractivity contribution in [3.63, 3.8) is 0 Å². The van der Waals surface area contributed by atoms with Crippen LogP contribution in [-0.2, 0) is 11.3 Å². The molecule has 0 atom stereocenters. The number of rotatable bonds is 10. The van der Waals surface area contributed by atoms with Gasteiger partial charge in [-0.05, 0) is 12.8 Å². The van der Waals surface area contributed by atoms with Crippen LogP contribution < -0.4 is 10.6 Å². The molecule has 0 unspecified atom stereocenters. The predicted molar refractivity (Wildman–Crippen MR) is 106 cm³/mol. The van der Waals surface area contributed by atoms with Crippen molar-refractivity contribution in [3.05, 3.63) is 41.4 Å². The molecule has 0 amide bonds. The first-order chi connectivity index (χ1) is 12.3. The molecule has 1 aromatic carbocycles. The Morgan fingerprint density at radius 2 is 1.96 bits per heavy atom. The van der Waals surface area contributed by atoms with Crippen molar-refractivity contribution in [2.75, 3.05) is 26.8 Å². The van der Waals surface area contributed by atoms with Crippen LogP contribution in [0.2, 0.25) is 0 Å². The second-order valence-corrected chi connectivity index (χ2v) is 6.54. The van der Waals surface area contributed by atoms with Gasteiger partial charge in [0.05, 0.1) is 12.2 Å². The molecule has 5 nitrogen and oxygen atoms in total. The van der Waals surface area contributed by atoms with Gasteiger partial charge in [-0.3, -0.25) is 4.99 Å². The highest BCUT2D eigenvalue weighted by atomic mass is 32.1. The van der Waals surface area contributed by atoms with E-state index in [1.54, 1.807) is 18.4 Å². The Bertz CT molecular complexity index is 627. The fourth-order valence-electron chi connectivity index (χ4n) is 2.23. The summed E-state index contributed by atoms with van der Waals surface area (Å²) in [7, 11) is 1.78. The van der Waals surface area contributed by atoms with Crippen molar-refractivity contribution in [1.82, 2.24) is 15.6 Å². The third-order valence-electron chi connectivity index (χ3n) is 3.63. The molecule has 0 saturated heterocycles. The molecule has 25 heavy (non-hydrogen) atoms. The monoisotopic (exact) mass is 360 g/mol. The Morgan fingerprint density at radius 3 is 2.72 bits per heavy atom. The van der Waals surface area contributed by atoms with Crippen LogP contribution in [-0.4, -0.2) is 37.7 Å². The van der Waals surface area contributed by atoms with E-state index in [9.17, 15) is 0 Å². The molecular weight excluding hydrogens is 332 g/mol. The second kappa shape index (κ2) is 11.6. The number of benzene rings is 1. The SMILES string of the molecule is CCCCOCCCNC(=NC)NCc1csc(-c2ccccc2)n1. The van der Waals surface area contributed by atoms with E-state index in [4.69, 9.17) is 4.74 Å². The lowest BCUT2D eigenvalue weighted by molar-refractivity contribution is 0.129. The van der Waals surface area contributed by atoms with Crippen LogP contribution in [0.15, 0.2) is 40.7 Å². The van der Waals surface area contributed by atoms with E-state index in [0.717, 1.165) is 54.8 Å². The molecule has 1 heterocycles. The van der Waals surface area contributed by atoms with Crippen molar-refractivity contribution < 1.29 is 4.74 Å². The molecule has 0 radical (unpaired) electrons. The van der Waals surface area contributed by atoms with Gasteiger partial charge in [-0.2, -0.15) is 0 Å². The van der Waals surface area contributed by atoms with Crippen LogP contribution in [0.4, 0.5) is 0 Å². The van der Waals surface area contributed by atoms with Crippen LogP contribution in [0.25, 0.3) is 10.6 Å². The molecule has 0 spiro atoms. The molecular formula is C19H28N4OS. The smallest absolute Gasteiger partial charge is 0.191 e. The third-order valence-corrected chi connectivity index (χ3v) is 4.57. The van der Waals surface area contributed by atoms with E-state index in [0.29, 0.717) is 6.54 Å². The topological polar surface area (TPSA) is 58.5 Å². The quantitative estimate of drug-likeness (QED) is 0.385. The zero-order valence-corrected chi connectivity index (χ0v) is 15.9. The second-order valence-electron chi connectivity index (χ2n) is 5.68. The van der Waals surface area contributed by atoms with Crippen LogP contribution >= 0.6 is 11.3 Å². The maximum absolute atomic E-state index is 5.55. The lowest BCUT2D eigenvalue weighted by Crippen LogP contribution is -2.37. The largest absolute Gasteiger partial charge is 0.381 e. The molecule has 0 aliphatic heterocycles. The number of nitrogens with zero attached hydrogens (tertiary/aromatic N) is 2. The molecule has 0 aliphatic rings. The summed E-state index contributed by atoms with van der Waals surface area (Å²) in [6.45, 7) is 5.33. The molecule has 2 N–H and O–H groups in total. The van der Waals surface area contributed by atoms with Gasteiger partial charge in [-0.15, -0.1) is 11.3 Å². The molecule has 136 valence electrons. The number of aromatic nitrogens is 1. The average Bonchev–Trinajstić information content (AvgIpc) is 3.13. The van der Waals surface area contributed by atoms with Gasteiger partial charge in [-0.1, -0.05) is 43.7 Å². The normalized spacial score (nSPS) is 11.5. The average molecular weight is 361 g/mol. The Hall–Kier alpha value is -1.92. The lowest BCUT2D eigenvalue weighted by Gasteiger charge is -2.11. The Morgan fingerprint density at radius 1 is 1.16 bits per heavy atom. The highest BCUT2D eigenvalue weighted by molar-refractivity contribution is 7.13. The Labute approximate surface area is 154 Å². The van der Waals surface area contributed by atoms with Crippen molar-refractivity contribution in [2.45, 2.75) is 32.7 Å². The molecule has 0 fully saturated rings. The van der Waals surface area contributed by atoms with Crippen LogP contribution in [0.1, 0.15) is 31.9 Å². The molecule has 6 heteroatoms. The zero-order chi connectivity index (χ0) is 17.7. The maximum atomic E-state index is 5.55. The minimum atomic E-state index is 0.663. The van der Waals surface area contributed by atoms with Gasteiger partial charge in [0.15, 0.2) is 5.96 Å². The van der Waals surface area contributed by atoms with Gasteiger partial charge in [0, 0.05) is 37.7 Å². The number of aliphatic imine (C=N–C) groups is 1. The van der Waals surface area contributed by atoms with Gasteiger partial charge in [0.1, 0.15) is 5.01 Å². The van der Waals surface area contributed by atoms with Gasteiger partial charge in [0.25, 0.3) is 0 Å². The molecule has 0 saturated carbocycles. The molecule has 0 bridgehead atoms.